The van der Waals surface area contributed by atoms with Crippen LogP contribution in [0, 0.1) is 0 Å². The van der Waals surface area contributed by atoms with Crippen molar-refractivity contribution in [3.8, 4) is 0 Å². The van der Waals surface area contributed by atoms with Gasteiger partial charge in [0.1, 0.15) is 6.10 Å². The van der Waals surface area contributed by atoms with Gasteiger partial charge in [-0.3, -0.25) is 0 Å². The third kappa shape index (κ3) is 2.33. The number of nitrogens with one attached hydrogen (secondary N) is 1. The van der Waals surface area contributed by atoms with Crippen molar-refractivity contribution in [3.63, 3.8) is 0 Å². The molecule has 2 aliphatic rings. The maximum Gasteiger partial charge on any atom is 0.185 e. The molecule has 0 spiro atoms. The van der Waals surface area contributed by atoms with E-state index < -0.39 is 12.4 Å². The molecule has 18 heavy (non-hydrogen) atoms. The Morgan fingerprint density at radius 1 is 1.33 bits per heavy atom. The maximum atomic E-state index is 10.2. The number of benzene rings is 1. The number of alkyl halides is 1. The van der Waals surface area contributed by atoms with Gasteiger partial charge in [0.2, 0.25) is 0 Å². The van der Waals surface area contributed by atoms with Crippen molar-refractivity contribution in [2.24, 2.45) is 0 Å². The Hall–Kier alpha value is -0.460. The van der Waals surface area contributed by atoms with E-state index in [2.05, 4.69) is 33.4 Å². The number of hydrogen-bond donors (Lipinski definition) is 2. The second-order valence-electron chi connectivity index (χ2n) is 4.70. The van der Waals surface area contributed by atoms with Crippen molar-refractivity contribution in [2.75, 3.05) is 6.61 Å². The van der Waals surface area contributed by atoms with E-state index in [0.717, 1.165) is 6.54 Å². The fourth-order valence-corrected chi connectivity index (χ4v) is 3.22. The molecular weight excluding hydrogens is 298 g/mol. The van der Waals surface area contributed by atoms with Gasteiger partial charge in [0.15, 0.2) is 6.29 Å². The molecule has 2 bridgehead atoms. The summed E-state index contributed by atoms with van der Waals surface area (Å²) in [7, 11) is 0. The summed E-state index contributed by atoms with van der Waals surface area (Å²) in [4.78, 5) is 0.0648. The molecule has 2 heterocycles. The zero-order valence-corrected chi connectivity index (χ0v) is 11.4. The Balaban J connectivity index is 1.65. The van der Waals surface area contributed by atoms with Gasteiger partial charge in [-0.1, -0.05) is 46.3 Å². The molecule has 5 atom stereocenters. The number of aliphatic hydroxyl groups excluding tert-OH is 1. The summed E-state index contributed by atoms with van der Waals surface area (Å²) < 4.78 is 10.9. The van der Waals surface area contributed by atoms with Crippen LogP contribution in [0.3, 0.4) is 0 Å². The number of hydrogen-bond acceptors (Lipinski definition) is 4. The van der Waals surface area contributed by atoms with E-state index in [1.807, 2.05) is 18.2 Å². The topological polar surface area (TPSA) is 50.7 Å². The fraction of sp³-hybridized carbons (Fsp3) is 0.538. The van der Waals surface area contributed by atoms with E-state index in [-0.39, 0.29) is 17.0 Å². The average molecular weight is 314 g/mol. The highest BCUT2D eigenvalue weighted by molar-refractivity contribution is 9.09. The van der Waals surface area contributed by atoms with Crippen LogP contribution in [0.5, 0.6) is 0 Å². The first-order chi connectivity index (χ1) is 8.75. The number of aliphatic hydroxyl groups is 1. The Bertz CT molecular complexity index is 386. The predicted octanol–water partition coefficient (Wildman–Crippen LogP) is 1.02. The summed E-state index contributed by atoms with van der Waals surface area (Å²) in [6.07, 6.45) is -1.11. The van der Waals surface area contributed by atoms with Crippen molar-refractivity contribution in [2.45, 2.75) is 35.9 Å². The molecule has 4 nitrogen and oxygen atoms in total. The van der Waals surface area contributed by atoms with Crippen LogP contribution < -0.4 is 5.32 Å². The van der Waals surface area contributed by atoms with Crippen LogP contribution in [0.1, 0.15) is 5.56 Å². The molecule has 2 saturated heterocycles. The van der Waals surface area contributed by atoms with Gasteiger partial charge in [0, 0.05) is 6.54 Å². The lowest BCUT2D eigenvalue weighted by molar-refractivity contribution is -0.161. The molecule has 2 N–H and O–H groups in total. The Morgan fingerprint density at radius 2 is 2.11 bits per heavy atom. The van der Waals surface area contributed by atoms with Crippen LogP contribution in [0.25, 0.3) is 0 Å². The van der Waals surface area contributed by atoms with Crippen molar-refractivity contribution >= 4 is 15.9 Å². The van der Waals surface area contributed by atoms with Crippen LogP contribution in [-0.4, -0.2) is 41.1 Å². The lowest BCUT2D eigenvalue weighted by atomic mass is 10.0. The van der Waals surface area contributed by atoms with Crippen LogP contribution >= 0.6 is 15.9 Å². The Kier molecular flexibility index (Phi) is 3.68. The molecule has 0 aliphatic carbocycles. The van der Waals surface area contributed by atoms with Crippen molar-refractivity contribution in [1.82, 2.24) is 5.32 Å². The van der Waals surface area contributed by atoms with Gasteiger partial charge in [-0.2, -0.15) is 0 Å². The molecule has 2 aliphatic heterocycles. The Labute approximate surface area is 114 Å². The monoisotopic (exact) mass is 313 g/mol. The third-order valence-corrected chi connectivity index (χ3v) is 4.62. The normalized spacial score (nSPS) is 38.9. The predicted molar refractivity (Wildman–Crippen MR) is 70.4 cm³/mol. The highest BCUT2D eigenvalue weighted by Crippen LogP contribution is 2.32. The summed E-state index contributed by atoms with van der Waals surface area (Å²) in [6, 6.07) is 10.1. The summed E-state index contributed by atoms with van der Waals surface area (Å²) in [6.45, 7) is 1.27. The SMILES string of the molecule is O[C@H]1[C@@H]2OC[C@@H](O2)[C@@H](Br)[C@@H]1NCc1ccccc1. The zero-order chi connectivity index (χ0) is 12.5. The molecule has 2 fully saturated rings. The van der Waals surface area contributed by atoms with E-state index in [4.69, 9.17) is 9.47 Å². The molecule has 0 amide bonds. The molecule has 0 aromatic heterocycles. The van der Waals surface area contributed by atoms with E-state index >= 15 is 0 Å². The van der Waals surface area contributed by atoms with Gasteiger partial charge >= 0.3 is 0 Å². The van der Waals surface area contributed by atoms with Crippen molar-refractivity contribution < 1.29 is 14.6 Å². The fourth-order valence-electron chi connectivity index (χ4n) is 2.44. The minimum absolute atomic E-state index is 0.0201. The number of halogens is 1. The van der Waals surface area contributed by atoms with E-state index in [0.29, 0.717) is 6.61 Å². The van der Waals surface area contributed by atoms with Crippen LogP contribution in [0.2, 0.25) is 0 Å². The number of fused-ring (bicyclic) bond motifs is 2. The van der Waals surface area contributed by atoms with Gasteiger partial charge in [-0.25, -0.2) is 0 Å². The zero-order valence-electron chi connectivity index (χ0n) is 9.83. The smallest absolute Gasteiger partial charge is 0.185 e. The molecule has 0 radical (unpaired) electrons. The minimum Gasteiger partial charge on any atom is -0.386 e. The quantitative estimate of drug-likeness (QED) is 0.818. The second kappa shape index (κ2) is 5.27. The van der Waals surface area contributed by atoms with Crippen molar-refractivity contribution in [3.05, 3.63) is 35.9 Å². The molecule has 1 aromatic carbocycles. The van der Waals surface area contributed by atoms with Gasteiger partial charge in [-0.15, -0.1) is 0 Å². The van der Waals surface area contributed by atoms with Gasteiger partial charge in [0.25, 0.3) is 0 Å². The highest BCUT2D eigenvalue weighted by Gasteiger charge is 2.48. The third-order valence-electron chi connectivity index (χ3n) is 3.46. The number of rotatable bonds is 3. The lowest BCUT2D eigenvalue weighted by Crippen LogP contribution is -2.57. The van der Waals surface area contributed by atoms with Gasteiger partial charge in [-0.05, 0) is 5.56 Å². The van der Waals surface area contributed by atoms with Gasteiger partial charge < -0.3 is 19.9 Å². The van der Waals surface area contributed by atoms with E-state index in [1.54, 1.807) is 0 Å². The highest BCUT2D eigenvalue weighted by atomic mass is 79.9. The van der Waals surface area contributed by atoms with Crippen molar-refractivity contribution in [1.29, 1.82) is 0 Å². The van der Waals surface area contributed by atoms with E-state index in [9.17, 15) is 5.11 Å². The maximum absolute atomic E-state index is 10.2. The van der Waals surface area contributed by atoms with Gasteiger partial charge in [0.05, 0.1) is 23.6 Å². The minimum atomic E-state index is -0.642. The summed E-state index contributed by atoms with van der Waals surface area (Å²) in [5.41, 5.74) is 1.20. The molecule has 5 heteroatoms. The molecule has 0 saturated carbocycles. The van der Waals surface area contributed by atoms with Crippen LogP contribution in [0.4, 0.5) is 0 Å². The molecule has 1 aromatic rings. The van der Waals surface area contributed by atoms with E-state index in [1.165, 1.54) is 5.56 Å². The standard InChI is InChI=1S/C13H16BrNO3/c14-10-9-7-17-13(18-9)12(16)11(10)15-6-8-4-2-1-3-5-8/h1-5,9-13,15-16H,6-7H2/t9-,10-,11+,12-,13-/m1/s1. The summed E-state index contributed by atoms with van der Waals surface area (Å²) in [5, 5.41) is 13.5. The van der Waals surface area contributed by atoms with Crippen LogP contribution in [-0.2, 0) is 16.0 Å². The summed E-state index contributed by atoms with van der Waals surface area (Å²) >= 11 is 3.59. The molecule has 3 rings (SSSR count). The molecule has 98 valence electrons. The lowest BCUT2D eigenvalue weighted by Gasteiger charge is -2.36. The first-order valence-corrected chi connectivity index (χ1v) is 7.04. The second-order valence-corrected chi connectivity index (χ2v) is 5.76. The average Bonchev–Trinajstić information content (AvgIpc) is 2.85. The summed E-state index contributed by atoms with van der Waals surface area (Å²) in [5.74, 6) is 0. The largest absolute Gasteiger partial charge is 0.386 e. The van der Waals surface area contributed by atoms with Crippen LogP contribution in [0.15, 0.2) is 30.3 Å². The first-order valence-electron chi connectivity index (χ1n) is 6.12. The molecule has 0 unspecified atom stereocenters. The first kappa shape index (κ1) is 12.6. The Morgan fingerprint density at radius 3 is 2.89 bits per heavy atom. The number of ether oxygens (including phenoxy) is 2. The molecular formula is C13H16BrNO3.